The van der Waals surface area contributed by atoms with Gasteiger partial charge in [-0.25, -0.2) is 8.78 Å². The second-order valence-electron chi connectivity index (χ2n) is 5.23. The molecule has 2 rings (SSSR count). The monoisotopic (exact) mass is 375 g/mol. The van der Waals surface area contributed by atoms with Crippen LogP contribution in [0.25, 0.3) is 0 Å². The van der Waals surface area contributed by atoms with Crippen LogP contribution in [0, 0.1) is 18.6 Å². The van der Waals surface area contributed by atoms with Gasteiger partial charge in [0.25, 0.3) is 5.91 Å². The average Bonchev–Trinajstić information content (AvgIpc) is 2.93. The largest absolute Gasteiger partial charge is 0.390 e. The molecule has 1 aromatic heterocycles. The number of alkyl halides is 3. The van der Waals surface area contributed by atoms with Crippen LogP contribution in [0.4, 0.5) is 27.8 Å². The molecule has 0 bridgehead atoms. The number of halogens is 5. The quantitative estimate of drug-likeness (QED) is 0.436. The van der Waals surface area contributed by atoms with Gasteiger partial charge in [-0.3, -0.25) is 9.89 Å². The summed E-state index contributed by atoms with van der Waals surface area (Å²) in [6, 6.07) is 3.94. The molecule has 0 unspecified atom stereocenters. The molecular formula is C15H14F5N5O. The van der Waals surface area contributed by atoms with Crippen molar-refractivity contribution >= 4 is 17.7 Å². The number of hydrogen-bond donors (Lipinski definition) is 3. The van der Waals surface area contributed by atoms with Crippen molar-refractivity contribution in [1.82, 2.24) is 15.5 Å². The molecule has 2 aromatic rings. The number of rotatable bonds is 4. The van der Waals surface area contributed by atoms with Gasteiger partial charge in [0, 0.05) is 18.2 Å². The fourth-order valence-electron chi connectivity index (χ4n) is 1.84. The Labute approximate surface area is 144 Å². The van der Waals surface area contributed by atoms with E-state index >= 15 is 0 Å². The minimum atomic E-state index is -4.40. The number of aryl methyl sites for hydroxylation is 1. The highest BCUT2D eigenvalue weighted by atomic mass is 19.4. The standard InChI is InChI=1S/C15H14F5N5O/c1-8-6-12(25-24-8)22-14(21-5-4-15(18,19)20)23-13(26)9-2-3-10(16)11(17)7-9/h2-3,6-7H,4-5H2,1H3,(H3,21,22,23,24,25,26). The lowest BCUT2D eigenvalue weighted by Crippen LogP contribution is -2.34. The first-order valence-electron chi connectivity index (χ1n) is 7.32. The topological polar surface area (TPSA) is 82.2 Å². The molecule has 3 N–H and O–H groups in total. The molecule has 26 heavy (non-hydrogen) atoms. The van der Waals surface area contributed by atoms with E-state index in [2.05, 4.69) is 25.8 Å². The zero-order valence-electron chi connectivity index (χ0n) is 13.4. The van der Waals surface area contributed by atoms with E-state index in [0.717, 1.165) is 12.1 Å². The Hall–Kier alpha value is -2.98. The van der Waals surface area contributed by atoms with E-state index in [0.29, 0.717) is 11.8 Å². The SMILES string of the molecule is Cc1cc(N/C(=N\C(=O)c2ccc(F)c(F)c2)NCCC(F)(F)F)[nH]n1. The molecular weight excluding hydrogens is 361 g/mol. The number of nitrogens with one attached hydrogen (secondary N) is 3. The summed E-state index contributed by atoms with van der Waals surface area (Å²) in [4.78, 5) is 15.7. The number of aromatic amines is 1. The zero-order chi connectivity index (χ0) is 19.3. The number of aliphatic imine (C=N–C) groups is 1. The highest BCUT2D eigenvalue weighted by Gasteiger charge is 2.26. The average molecular weight is 375 g/mol. The Morgan fingerprint density at radius 2 is 1.96 bits per heavy atom. The van der Waals surface area contributed by atoms with Crippen LogP contribution < -0.4 is 10.6 Å². The molecule has 0 aliphatic carbocycles. The van der Waals surface area contributed by atoms with Crippen molar-refractivity contribution in [2.75, 3.05) is 11.9 Å². The predicted octanol–water partition coefficient (Wildman–Crippen LogP) is 3.15. The molecule has 0 saturated heterocycles. The first kappa shape index (κ1) is 19.3. The minimum Gasteiger partial charge on any atom is -0.355 e. The Balaban J connectivity index is 2.18. The molecule has 0 aliphatic rings. The lowest BCUT2D eigenvalue weighted by atomic mass is 10.2. The molecule has 1 amide bonds. The number of anilines is 1. The summed E-state index contributed by atoms with van der Waals surface area (Å²) in [6.07, 6.45) is -5.55. The van der Waals surface area contributed by atoms with Gasteiger partial charge in [0.2, 0.25) is 5.96 Å². The smallest absolute Gasteiger partial charge is 0.355 e. The first-order valence-corrected chi connectivity index (χ1v) is 7.32. The van der Waals surface area contributed by atoms with Gasteiger partial charge in [0.15, 0.2) is 11.6 Å². The minimum absolute atomic E-state index is 0.262. The Morgan fingerprint density at radius 1 is 1.23 bits per heavy atom. The number of hydrogen-bond acceptors (Lipinski definition) is 2. The van der Waals surface area contributed by atoms with Crippen molar-refractivity contribution in [2.45, 2.75) is 19.5 Å². The fraction of sp³-hybridized carbons (Fsp3) is 0.267. The highest BCUT2D eigenvalue weighted by molar-refractivity contribution is 6.06. The Morgan fingerprint density at radius 3 is 2.54 bits per heavy atom. The number of guanidine groups is 1. The number of benzene rings is 1. The molecule has 0 spiro atoms. The lowest BCUT2D eigenvalue weighted by molar-refractivity contribution is -0.132. The van der Waals surface area contributed by atoms with Gasteiger partial charge in [-0.1, -0.05) is 0 Å². The fourth-order valence-corrected chi connectivity index (χ4v) is 1.84. The molecule has 0 radical (unpaired) electrons. The molecule has 140 valence electrons. The van der Waals surface area contributed by atoms with Crippen molar-refractivity contribution < 1.29 is 26.7 Å². The van der Waals surface area contributed by atoms with Crippen molar-refractivity contribution in [3.05, 3.63) is 47.2 Å². The van der Waals surface area contributed by atoms with Crippen LogP contribution in [0.2, 0.25) is 0 Å². The van der Waals surface area contributed by atoms with Gasteiger partial charge in [-0.05, 0) is 25.1 Å². The second-order valence-corrected chi connectivity index (χ2v) is 5.23. The van der Waals surface area contributed by atoms with Crippen molar-refractivity contribution in [3.63, 3.8) is 0 Å². The number of nitrogens with zero attached hydrogens (tertiary/aromatic N) is 2. The van der Waals surface area contributed by atoms with Crippen LogP contribution in [-0.2, 0) is 0 Å². The molecule has 6 nitrogen and oxygen atoms in total. The summed E-state index contributed by atoms with van der Waals surface area (Å²) in [5.41, 5.74) is 0.329. The lowest BCUT2D eigenvalue weighted by Gasteiger charge is -2.12. The summed E-state index contributed by atoms with van der Waals surface area (Å²) >= 11 is 0. The summed E-state index contributed by atoms with van der Waals surface area (Å²) in [5.74, 6) is -3.37. The normalized spacial score (nSPS) is 12.2. The van der Waals surface area contributed by atoms with E-state index in [1.165, 1.54) is 6.07 Å². The maximum absolute atomic E-state index is 13.2. The number of H-pyrrole nitrogens is 1. The summed E-state index contributed by atoms with van der Waals surface area (Å²) < 4.78 is 63.0. The number of carbonyl (C=O) groups is 1. The van der Waals surface area contributed by atoms with Gasteiger partial charge < -0.3 is 10.6 Å². The van der Waals surface area contributed by atoms with Gasteiger partial charge in [0.05, 0.1) is 12.1 Å². The van der Waals surface area contributed by atoms with Crippen LogP contribution in [0.1, 0.15) is 22.5 Å². The van der Waals surface area contributed by atoms with E-state index in [9.17, 15) is 26.7 Å². The third-order valence-electron chi connectivity index (χ3n) is 3.04. The maximum Gasteiger partial charge on any atom is 0.390 e. The van der Waals surface area contributed by atoms with Crippen LogP contribution in [0.5, 0.6) is 0 Å². The van der Waals surface area contributed by atoms with E-state index in [1.54, 1.807) is 6.92 Å². The summed E-state index contributed by atoms with van der Waals surface area (Å²) in [5, 5.41) is 11.3. The van der Waals surface area contributed by atoms with Crippen molar-refractivity contribution in [2.24, 2.45) is 4.99 Å². The van der Waals surface area contributed by atoms with E-state index in [-0.39, 0.29) is 17.3 Å². The zero-order valence-corrected chi connectivity index (χ0v) is 13.4. The Bertz CT molecular complexity index is 815. The summed E-state index contributed by atoms with van der Waals surface area (Å²) in [7, 11) is 0. The molecule has 0 aliphatic heterocycles. The second kappa shape index (κ2) is 7.93. The molecule has 11 heteroatoms. The van der Waals surface area contributed by atoms with Gasteiger partial charge in [-0.15, -0.1) is 0 Å². The number of amides is 1. The maximum atomic E-state index is 13.2. The number of carbonyl (C=O) groups excluding carboxylic acids is 1. The number of aromatic nitrogens is 2. The van der Waals surface area contributed by atoms with Crippen LogP contribution >= 0.6 is 0 Å². The van der Waals surface area contributed by atoms with Gasteiger partial charge in [-0.2, -0.15) is 23.3 Å². The van der Waals surface area contributed by atoms with Crippen molar-refractivity contribution in [1.29, 1.82) is 0 Å². The summed E-state index contributed by atoms with van der Waals surface area (Å²) in [6.45, 7) is 1.12. The van der Waals surface area contributed by atoms with Gasteiger partial charge in [0.1, 0.15) is 5.82 Å². The van der Waals surface area contributed by atoms with Crippen LogP contribution in [-0.4, -0.2) is 34.8 Å². The predicted molar refractivity (Wildman–Crippen MR) is 83.7 cm³/mol. The van der Waals surface area contributed by atoms with E-state index in [1.807, 2.05) is 0 Å². The van der Waals surface area contributed by atoms with Gasteiger partial charge >= 0.3 is 6.18 Å². The molecule has 0 atom stereocenters. The van der Waals surface area contributed by atoms with Crippen molar-refractivity contribution in [3.8, 4) is 0 Å². The third-order valence-corrected chi connectivity index (χ3v) is 3.04. The Kier molecular flexibility index (Phi) is 5.90. The van der Waals surface area contributed by atoms with Crippen LogP contribution in [0.15, 0.2) is 29.3 Å². The van der Waals surface area contributed by atoms with Crippen LogP contribution in [0.3, 0.4) is 0 Å². The third kappa shape index (κ3) is 5.83. The molecule has 1 aromatic carbocycles. The molecule has 0 fully saturated rings. The first-order chi connectivity index (χ1) is 12.1. The highest BCUT2D eigenvalue weighted by Crippen LogP contribution is 2.18. The molecule has 0 saturated carbocycles. The van der Waals surface area contributed by atoms with E-state index in [4.69, 9.17) is 0 Å². The molecule has 1 heterocycles. The van der Waals surface area contributed by atoms with E-state index < -0.39 is 36.7 Å².